The van der Waals surface area contributed by atoms with E-state index < -0.39 is 5.82 Å². The Kier molecular flexibility index (Phi) is 3.40. The Labute approximate surface area is 121 Å². The molecular formula is C14H15ClFN3O. The monoisotopic (exact) mass is 295 g/mol. The summed E-state index contributed by atoms with van der Waals surface area (Å²) < 4.78 is 21.5. The van der Waals surface area contributed by atoms with Crippen molar-refractivity contribution in [3.8, 4) is 11.1 Å². The maximum absolute atomic E-state index is 14.3. The molecule has 1 saturated heterocycles. The number of aryl methyl sites for hydroxylation is 1. The van der Waals surface area contributed by atoms with Crippen molar-refractivity contribution >= 4 is 17.4 Å². The molecule has 106 valence electrons. The van der Waals surface area contributed by atoms with Crippen LogP contribution in [0.4, 0.5) is 10.2 Å². The molecule has 0 bridgehead atoms. The number of hydrogen-bond donors (Lipinski definition) is 1. The Morgan fingerprint density at radius 3 is 3.00 bits per heavy atom. The first-order chi connectivity index (χ1) is 9.59. The van der Waals surface area contributed by atoms with Crippen molar-refractivity contribution in [3.05, 3.63) is 34.7 Å². The van der Waals surface area contributed by atoms with Gasteiger partial charge >= 0.3 is 0 Å². The Morgan fingerprint density at radius 1 is 1.50 bits per heavy atom. The zero-order valence-electron chi connectivity index (χ0n) is 11.1. The second-order valence-electron chi connectivity index (χ2n) is 4.87. The summed E-state index contributed by atoms with van der Waals surface area (Å²) in [6.07, 6.45) is 1.71. The third kappa shape index (κ3) is 2.07. The van der Waals surface area contributed by atoms with Gasteiger partial charge in [-0.25, -0.2) is 4.39 Å². The lowest BCUT2D eigenvalue weighted by atomic mass is 10.0. The zero-order chi connectivity index (χ0) is 14.3. The molecule has 1 fully saturated rings. The van der Waals surface area contributed by atoms with E-state index in [1.807, 2.05) is 0 Å². The molecule has 0 amide bonds. The number of nitrogens with zero attached hydrogens (tertiary/aromatic N) is 2. The Balaban J connectivity index is 2.19. The fourth-order valence-corrected chi connectivity index (χ4v) is 2.72. The van der Waals surface area contributed by atoms with E-state index in [9.17, 15) is 4.39 Å². The smallest absolute Gasteiger partial charge is 0.149 e. The second kappa shape index (κ2) is 5.07. The quantitative estimate of drug-likeness (QED) is 0.925. The van der Waals surface area contributed by atoms with Crippen molar-refractivity contribution in [3.63, 3.8) is 0 Å². The van der Waals surface area contributed by atoms with Crippen molar-refractivity contribution in [2.24, 2.45) is 7.05 Å². The summed E-state index contributed by atoms with van der Waals surface area (Å²) in [4.78, 5) is 0. The number of halogens is 2. The van der Waals surface area contributed by atoms with Gasteiger partial charge in [-0.15, -0.1) is 0 Å². The van der Waals surface area contributed by atoms with Crippen LogP contribution in [0.5, 0.6) is 0 Å². The molecular weight excluding hydrogens is 281 g/mol. The molecule has 0 aliphatic carbocycles. The molecule has 20 heavy (non-hydrogen) atoms. The molecule has 2 N–H and O–H groups in total. The third-order valence-electron chi connectivity index (χ3n) is 3.57. The molecule has 2 aromatic rings. The van der Waals surface area contributed by atoms with Crippen LogP contribution in [0.2, 0.25) is 5.02 Å². The van der Waals surface area contributed by atoms with Crippen LogP contribution in [0.3, 0.4) is 0 Å². The lowest BCUT2D eigenvalue weighted by Crippen LogP contribution is -2.00. The predicted octanol–water partition coefficient (Wildman–Crippen LogP) is 3.31. The molecule has 1 aromatic carbocycles. The summed E-state index contributed by atoms with van der Waals surface area (Å²) in [5.41, 5.74) is 7.69. The highest BCUT2D eigenvalue weighted by Gasteiger charge is 2.28. The summed E-state index contributed by atoms with van der Waals surface area (Å²) >= 11 is 5.86. The fourth-order valence-electron chi connectivity index (χ4n) is 2.55. The first kappa shape index (κ1) is 13.4. The summed E-state index contributed by atoms with van der Waals surface area (Å²) in [5, 5.41) is 4.47. The van der Waals surface area contributed by atoms with Crippen LogP contribution < -0.4 is 5.73 Å². The molecule has 1 aliphatic heterocycles. The summed E-state index contributed by atoms with van der Waals surface area (Å²) in [7, 11) is 1.74. The number of ether oxygens (including phenoxy) is 1. The van der Waals surface area contributed by atoms with Gasteiger partial charge in [0.25, 0.3) is 0 Å². The average molecular weight is 296 g/mol. The standard InChI is InChI=1S/C14H15ClFN3O/c1-19-14(17)11(8-4-2-5-9(15)12(8)16)13(18-19)10-6-3-7-20-10/h2,4-5,10H,3,6-7,17H2,1H3. The van der Waals surface area contributed by atoms with Crippen LogP contribution in [-0.4, -0.2) is 16.4 Å². The van der Waals surface area contributed by atoms with Gasteiger partial charge in [-0.3, -0.25) is 4.68 Å². The number of aromatic nitrogens is 2. The molecule has 0 radical (unpaired) electrons. The third-order valence-corrected chi connectivity index (χ3v) is 3.87. The molecule has 6 heteroatoms. The van der Waals surface area contributed by atoms with Crippen LogP contribution in [0.15, 0.2) is 18.2 Å². The minimum absolute atomic E-state index is 0.0732. The van der Waals surface area contributed by atoms with Gasteiger partial charge < -0.3 is 10.5 Å². The van der Waals surface area contributed by atoms with E-state index in [1.54, 1.807) is 23.9 Å². The highest BCUT2D eigenvalue weighted by molar-refractivity contribution is 6.31. The van der Waals surface area contributed by atoms with Crippen molar-refractivity contribution in [1.82, 2.24) is 9.78 Å². The number of benzene rings is 1. The summed E-state index contributed by atoms with van der Waals surface area (Å²) in [5.74, 6) is -0.0650. The Morgan fingerprint density at radius 2 is 2.30 bits per heavy atom. The van der Waals surface area contributed by atoms with E-state index in [1.165, 1.54) is 6.07 Å². The normalized spacial score (nSPS) is 18.6. The van der Waals surface area contributed by atoms with Gasteiger partial charge in [0.15, 0.2) is 0 Å². The van der Waals surface area contributed by atoms with Gasteiger partial charge in [0.2, 0.25) is 0 Å². The van der Waals surface area contributed by atoms with Crippen LogP contribution in [0.25, 0.3) is 11.1 Å². The zero-order valence-corrected chi connectivity index (χ0v) is 11.8. The largest absolute Gasteiger partial charge is 0.383 e. The average Bonchev–Trinajstić information content (AvgIpc) is 3.04. The number of nitrogen functional groups attached to an aromatic ring is 1. The van der Waals surface area contributed by atoms with E-state index in [0.29, 0.717) is 29.2 Å². The maximum atomic E-state index is 14.3. The van der Waals surface area contributed by atoms with Gasteiger partial charge in [0.1, 0.15) is 23.4 Å². The summed E-state index contributed by atoms with van der Waals surface area (Å²) in [6.45, 7) is 0.693. The molecule has 1 atom stereocenters. The van der Waals surface area contributed by atoms with Gasteiger partial charge in [-0.05, 0) is 18.9 Å². The minimum Gasteiger partial charge on any atom is -0.383 e. The molecule has 1 unspecified atom stereocenters. The minimum atomic E-state index is -0.479. The van der Waals surface area contributed by atoms with Crippen molar-refractivity contribution < 1.29 is 9.13 Å². The lowest BCUT2D eigenvalue weighted by molar-refractivity contribution is 0.108. The Hall–Kier alpha value is -1.59. The maximum Gasteiger partial charge on any atom is 0.149 e. The van der Waals surface area contributed by atoms with E-state index >= 15 is 0 Å². The highest BCUT2D eigenvalue weighted by Crippen LogP contribution is 2.40. The molecule has 1 aromatic heterocycles. The van der Waals surface area contributed by atoms with E-state index in [-0.39, 0.29) is 11.1 Å². The molecule has 4 nitrogen and oxygen atoms in total. The van der Waals surface area contributed by atoms with Crippen LogP contribution in [0, 0.1) is 5.82 Å². The van der Waals surface area contributed by atoms with Crippen molar-refractivity contribution in [2.75, 3.05) is 12.3 Å². The SMILES string of the molecule is Cn1nc(C2CCCO2)c(-c2cccc(Cl)c2F)c1N. The number of hydrogen-bond acceptors (Lipinski definition) is 3. The van der Waals surface area contributed by atoms with Crippen LogP contribution in [0.1, 0.15) is 24.6 Å². The van der Waals surface area contributed by atoms with Crippen molar-refractivity contribution in [2.45, 2.75) is 18.9 Å². The van der Waals surface area contributed by atoms with Gasteiger partial charge in [-0.2, -0.15) is 5.10 Å². The molecule has 1 aliphatic rings. The molecule has 3 rings (SSSR count). The van der Waals surface area contributed by atoms with E-state index in [0.717, 1.165) is 12.8 Å². The first-order valence-electron chi connectivity index (χ1n) is 6.48. The second-order valence-corrected chi connectivity index (χ2v) is 5.28. The lowest BCUT2D eigenvalue weighted by Gasteiger charge is -2.10. The van der Waals surface area contributed by atoms with Crippen molar-refractivity contribution in [1.29, 1.82) is 0 Å². The van der Waals surface area contributed by atoms with Gasteiger partial charge in [-0.1, -0.05) is 23.7 Å². The van der Waals surface area contributed by atoms with Crippen LogP contribution >= 0.6 is 11.6 Å². The number of rotatable bonds is 2. The van der Waals surface area contributed by atoms with E-state index in [4.69, 9.17) is 22.1 Å². The number of anilines is 1. The first-order valence-corrected chi connectivity index (χ1v) is 6.85. The van der Waals surface area contributed by atoms with Gasteiger partial charge in [0.05, 0.1) is 10.6 Å². The molecule has 0 saturated carbocycles. The molecule has 2 heterocycles. The highest BCUT2D eigenvalue weighted by atomic mass is 35.5. The Bertz CT molecular complexity index is 650. The topological polar surface area (TPSA) is 53.1 Å². The molecule has 0 spiro atoms. The fraction of sp³-hybridized carbons (Fsp3) is 0.357. The summed E-state index contributed by atoms with van der Waals surface area (Å²) in [6, 6.07) is 4.87. The predicted molar refractivity (Wildman–Crippen MR) is 76.0 cm³/mol. The van der Waals surface area contributed by atoms with Gasteiger partial charge in [0, 0.05) is 19.2 Å². The van der Waals surface area contributed by atoms with E-state index in [2.05, 4.69) is 5.10 Å². The van der Waals surface area contributed by atoms with Crippen LogP contribution in [-0.2, 0) is 11.8 Å². The number of nitrogens with two attached hydrogens (primary N) is 1.